The summed E-state index contributed by atoms with van der Waals surface area (Å²) in [5, 5.41) is 15.1. The summed E-state index contributed by atoms with van der Waals surface area (Å²) < 4.78 is 10.5. The number of carboxylic acid groups (broad SMARTS) is 1. The van der Waals surface area contributed by atoms with E-state index in [1.54, 1.807) is 25.3 Å². The molecule has 22 heavy (non-hydrogen) atoms. The first-order valence-electron chi connectivity index (χ1n) is 7.58. The molecule has 1 amide bonds. The number of ether oxygens (including phenoxy) is 2. The molecule has 1 saturated carbocycles. The van der Waals surface area contributed by atoms with Gasteiger partial charge < -0.3 is 29.6 Å². The molecule has 3 rings (SSSR count). The molecule has 1 aliphatic heterocycles. The number of amides is 1. The Bertz CT molecular complexity index is 543. The Morgan fingerprint density at radius 3 is 2.68 bits per heavy atom. The number of methoxy groups -OCH3 is 2. The number of carbonyl (C=O) groups excluding carboxylic acids is 1. The van der Waals surface area contributed by atoms with Crippen molar-refractivity contribution in [2.75, 3.05) is 32.2 Å². The van der Waals surface area contributed by atoms with Crippen molar-refractivity contribution in [3.63, 3.8) is 0 Å². The van der Waals surface area contributed by atoms with E-state index in [1.807, 2.05) is 0 Å². The largest absolute Gasteiger partial charge is 0.530 e. The van der Waals surface area contributed by atoms with Gasteiger partial charge in [0.25, 0.3) is 0 Å². The van der Waals surface area contributed by atoms with E-state index >= 15 is 0 Å². The van der Waals surface area contributed by atoms with Gasteiger partial charge >= 0.3 is 0 Å². The quantitative estimate of drug-likeness (QED) is 0.873. The Hall–Kier alpha value is -1.95. The molecule has 1 aliphatic carbocycles. The van der Waals surface area contributed by atoms with Crippen LogP contribution in [0.25, 0.3) is 0 Å². The number of nitrogens with zero attached hydrogens (tertiary/aromatic N) is 1. The second kappa shape index (κ2) is 6.04. The van der Waals surface area contributed by atoms with E-state index in [1.165, 1.54) is 18.4 Å². The van der Waals surface area contributed by atoms with Crippen molar-refractivity contribution in [1.29, 1.82) is 0 Å². The van der Waals surface area contributed by atoms with Crippen LogP contribution in [0.5, 0.6) is 11.5 Å². The standard InChI is InChI=1S/C16H22N2O4/c1-21-11-4-6-14(15(7-11)22-2)18(16(19)20)9-12-10-3-5-13(12)17-8-10/h4,6-7,10,12-13,17H,3,5,8-9H2,1-2H3,(H,19,20)/p-1. The predicted molar refractivity (Wildman–Crippen MR) is 80.3 cm³/mol. The Kier molecular flexibility index (Phi) is 4.11. The molecule has 1 saturated heterocycles. The zero-order valence-corrected chi connectivity index (χ0v) is 12.9. The van der Waals surface area contributed by atoms with Gasteiger partial charge in [0.05, 0.1) is 19.9 Å². The molecule has 1 heterocycles. The molecule has 2 aliphatic rings. The van der Waals surface area contributed by atoms with Gasteiger partial charge in [-0.1, -0.05) is 0 Å². The average Bonchev–Trinajstić information content (AvgIpc) is 3.11. The number of rotatable bonds is 5. The highest BCUT2D eigenvalue weighted by Gasteiger charge is 2.42. The van der Waals surface area contributed by atoms with Crippen molar-refractivity contribution in [2.24, 2.45) is 11.8 Å². The first-order chi connectivity index (χ1) is 10.6. The van der Waals surface area contributed by atoms with Gasteiger partial charge in [-0.15, -0.1) is 0 Å². The van der Waals surface area contributed by atoms with Gasteiger partial charge in [-0.25, -0.2) is 0 Å². The Morgan fingerprint density at radius 1 is 1.36 bits per heavy atom. The molecule has 3 unspecified atom stereocenters. The van der Waals surface area contributed by atoms with Gasteiger partial charge in [0.2, 0.25) is 0 Å². The summed E-state index contributed by atoms with van der Waals surface area (Å²) in [7, 11) is 3.08. The highest BCUT2D eigenvalue weighted by Crippen LogP contribution is 2.39. The van der Waals surface area contributed by atoms with Crippen LogP contribution in [0.15, 0.2) is 18.2 Å². The number of benzene rings is 1. The molecule has 0 radical (unpaired) electrons. The summed E-state index contributed by atoms with van der Waals surface area (Å²) in [6.07, 6.45) is 1.09. The average molecular weight is 305 g/mol. The number of hydrogen-bond acceptors (Lipinski definition) is 5. The first kappa shape index (κ1) is 15.0. The number of carbonyl (C=O) groups is 1. The van der Waals surface area contributed by atoms with Crippen LogP contribution in [0.4, 0.5) is 10.5 Å². The van der Waals surface area contributed by atoms with E-state index < -0.39 is 6.09 Å². The SMILES string of the molecule is COc1ccc(N(CC2C3CCC2NC3)C(=O)[O-])c(OC)c1. The molecule has 1 N–H and O–H groups in total. The van der Waals surface area contributed by atoms with Crippen molar-refractivity contribution < 1.29 is 19.4 Å². The van der Waals surface area contributed by atoms with Crippen LogP contribution in [-0.2, 0) is 0 Å². The third-order valence-corrected chi connectivity index (χ3v) is 4.90. The van der Waals surface area contributed by atoms with Gasteiger partial charge in [-0.3, -0.25) is 0 Å². The molecule has 2 fully saturated rings. The fourth-order valence-corrected chi connectivity index (χ4v) is 3.73. The fourth-order valence-electron chi connectivity index (χ4n) is 3.73. The molecule has 3 atom stereocenters. The Balaban J connectivity index is 1.86. The Labute approximate surface area is 130 Å². The normalized spacial score (nSPS) is 26.0. The smallest absolute Gasteiger partial charge is 0.146 e. The molecular formula is C16H21N2O4-. The summed E-state index contributed by atoms with van der Waals surface area (Å²) in [5.74, 6) is 1.99. The van der Waals surface area contributed by atoms with Crippen LogP contribution in [0, 0.1) is 11.8 Å². The first-order valence-corrected chi connectivity index (χ1v) is 7.58. The lowest BCUT2D eigenvalue weighted by Crippen LogP contribution is -2.45. The van der Waals surface area contributed by atoms with Crippen LogP contribution in [-0.4, -0.2) is 39.4 Å². The maximum absolute atomic E-state index is 11.7. The molecule has 6 nitrogen and oxygen atoms in total. The van der Waals surface area contributed by atoms with E-state index in [-0.39, 0.29) is 0 Å². The van der Waals surface area contributed by atoms with E-state index in [0.717, 1.165) is 13.0 Å². The third kappa shape index (κ3) is 2.59. The summed E-state index contributed by atoms with van der Waals surface area (Å²) >= 11 is 0. The lowest BCUT2D eigenvalue weighted by Gasteiger charge is -2.30. The second-order valence-corrected chi connectivity index (χ2v) is 5.93. The van der Waals surface area contributed by atoms with Crippen molar-refractivity contribution in [3.8, 4) is 11.5 Å². The second-order valence-electron chi connectivity index (χ2n) is 5.93. The zero-order valence-electron chi connectivity index (χ0n) is 12.9. The highest BCUT2D eigenvalue weighted by molar-refractivity contribution is 5.87. The molecular weight excluding hydrogens is 284 g/mol. The molecule has 120 valence electrons. The van der Waals surface area contributed by atoms with Crippen LogP contribution in [0.3, 0.4) is 0 Å². The number of fused-ring (bicyclic) bond motifs is 2. The molecule has 6 heteroatoms. The summed E-state index contributed by atoms with van der Waals surface area (Å²) in [4.78, 5) is 12.9. The van der Waals surface area contributed by atoms with Crippen LogP contribution in [0.2, 0.25) is 0 Å². The summed E-state index contributed by atoms with van der Waals surface area (Å²) in [6.45, 7) is 1.42. The van der Waals surface area contributed by atoms with Crippen molar-refractivity contribution in [2.45, 2.75) is 18.9 Å². The van der Waals surface area contributed by atoms with E-state index in [4.69, 9.17) is 9.47 Å². The zero-order chi connectivity index (χ0) is 15.7. The third-order valence-electron chi connectivity index (χ3n) is 4.90. The fraction of sp³-hybridized carbons (Fsp3) is 0.562. The minimum atomic E-state index is -1.20. The minimum Gasteiger partial charge on any atom is -0.530 e. The molecule has 2 bridgehead atoms. The lowest BCUT2D eigenvalue weighted by molar-refractivity contribution is -0.246. The summed E-state index contributed by atoms with van der Waals surface area (Å²) in [6, 6.07) is 5.54. The van der Waals surface area contributed by atoms with Crippen LogP contribution in [0.1, 0.15) is 12.8 Å². The lowest BCUT2D eigenvalue weighted by atomic mass is 9.97. The van der Waals surface area contributed by atoms with Gasteiger partial charge in [-0.2, -0.15) is 0 Å². The molecule has 1 aromatic rings. The van der Waals surface area contributed by atoms with Crippen molar-refractivity contribution >= 4 is 11.8 Å². The van der Waals surface area contributed by atoms with Gasteiger partial charge in [0.15, 0.2) is 0 Å². The number of piperidine rings is 1. The van der Waals surface area contributed by atoms with E-state index in [2.05, 4.69) is 5.32 Å². The van der Waals surface area contributed by atoms with Crippen molar-refractivity contribution in [1.82, 2.24) is 5.32 Å². The molecule has 1 aromatic carbocycles. The van der Waals surface area contributed by atoms with Gasteiger partial charge in [0.1, 0.15) is 17.6 Å². The number of nitrogens with one attached hydrogen (secondary N) is 1. The van der Waals surface area contributed by atoms with Gasteiger partial charge in [-0.05, 0) is 43.4 Å². The van der Waals surface area contributed by atoms with Crippen LogP contribution < -0.4 is 24.8 Å². The molecule has 0 spiro atoms. The van der Waals surface area contributed by atoms with E-state index in [0.29, 0.717) is 41.6 Å². The van der Waals surface area contributed by atoms with Gasteiger partial charge in [0, 0.05) is 18.7 Å². The number of hydrogen-bond donors (Lipinski definition) is 1. The number of anilines is 1. The Morgan fingerprint density at radius 2 is 2.18 bits per heavy atom. The monoisotopic (exact) mass is 305 g/mol. The topological polar surface area (TPSA) is 73.9 Å². The molecule has 0 aromatic heterocycles. The van der Waals surface area contributed by atoms with Crippen LogP contribution >= 0.6 is 0 Å². The van der Waals surface area contributed by atoms with E-state index in [9.17, 15) is 9.90 Å². The maximum atomic E-state index is 11.7. The maximum Gasteiger partial charge on any atom is 0.146 e. The summed E-state index contributed by atoms with van der Waals surface area (Å²) in [5.41, 5.74) is 0.509. The highest BCUT2D eigenvalue weighted by atomic mass is 16.5. The predicted octanol–water partition coefficient (Wildman–Crippen LogP) is 0.851. The van der Waals surface area contributed by atoms with Crippen molar-refractivity contribution in [3.05, 3.63) is 18.2 Å². The minimum absolute atomic E-state index is 0.338.